The predicted octanol–water partition coefficient (Wildman–Crippen LogP) is 2.12. The van der Waals surface area contributed by atoms with Gasteiger partial charge >= 0.3 is 18.0 Å². The number of amides is 4. The molecule has 0 aromatic carbocycles. The molecule has 0 unspecified atom stereocenters. The van der Waals surface area contributed by atoms with Crippen molar-refractivity contribution in [2.24, 2.45) is 0 Å². The Morgan fingerprint density at radius 2 is 1.76 bits per heavy atom. The molecule has 1 rings (SSSR count). The number of carbonyl (C=O) groups is 4. The molecule has 1 aliphatic heterocycles. The van der Waals surface area contributed by atoms with Crippen LogP contribution in [0.25, 0.3) is 0 Å². The van der Waals surface area contributed by atoms with E-state index in [-0.39, 0.29) is 26.2 Å². The first-order valence-corrected chi connectivity index (χ1v) is 10.7. The van der Waals surface area contributed by atoms with Gasteiger partial charge in [0.15, 0.2) is 0 Å². The van der Waals surface area contributed by atoms with Crippen molar-refractivity contribution >= 4 is 24.5 Å². The number of unbranched alkanes of at least 4 members (excludes halogenated alkanes) is 1. The SMILES string of the molecule is C.CCCCN(CCC)CCCNC(=O)N1CC(C(=O)OC)=C(COC)NC1=O.COC=O. The molecule has 11 heteroatoms. The van der Waals surface area contributed by atoms with E-state index in [1.165, 1.54) is 21.3 Å². The molecule has 0 aliphatic carbocycles. The van der Waals surface area contributed by atoms with E-state index in [0.717, 1.165) is 50.2 Å². The third-order valence-electron chi connectivity index (χ3n) is 4.54. The highest BCUT2D eigenvalue weighted by Gasteiger charge is 2.32. The van der Waals surface area contributed by atoms with Crippen molar-refractivity contribution in [3.05, 3.63) is 11.3 Å². The summed E-state index contributed by atoms with van der Waals surface area (Å²) >= 11 is 0. The Labute approximate surface area is 197 Å². The normalized spacial score (nSPS) is 12.8. The average molecular weight is 475 g/mol. The topological polar surface area (TPSA) is 127 Å². The number of methoxy groups -OCH3 is 3. The number of urea groups is 2. The van der Waals surface area contributed by atoms with E-state index in [1.807, 2.05) is 0 Å². The van der Waals surface area contributed by atoms with Crippen LogP contribution < -0.4 is 10.6 Å². The van der Waals surface area contributed by atoms with E-state index >= 15 is 0 Å². The maximum Gasteiger partial charge on any atom is 0.337 e. The molecule has 0 atom stereocenters. The lowest BCUT2D eigenvalue weighted by atomic mass is 10.1. The van der Waals surface area contributed by atoms with Crippen molar-refractivity contribution in [3.8, 4) is 0 Å². The number of ether oxygens (including phenoxy) is 3. The van der Waals surface area contributed by atoms with Gasteiger partial charge in [0.25, 0.3) is 6.47 Å². The molecule has 192 valence electrons. The average Bonchev–Trinajstić information content (AvgIpc) is 2.79. The van der Waals surface area contributed by atoms with E-state index < -0.39 is 18.0 Å². The molecule has 11 nitrogen and oxygen atoms in total. The number of nitrogens with one attached hydrogen (secondary N) is 2. The van der Waals surface area contributed by atoms with Crippen LogP contribution >= 0.6 is 0 Å². The van der Waals surface area contributed by atoms with Gasteiger partial charge in [-0.15, -0.1) is 0 Å². The van der Waals surface area contributed by atoms with Gasteiger partial charge in [-0.3, -0.25) is 4.79 Å². The summed E-state index contributed by atoms with van der Waals surface area (Å²) in [6.07, 6.45) is 4.20. The third kappa shape index (κ3) is 12.8. The molecule has 0 aromatic heterocycles. The quantitative estimate of drug-likeness (QED) is 0.236. The molecule has 1 aliphatic rings. The van der Waals surface area contributed by atoms with Gasteiger partial charge in [0.05, 0.1) is 38.6 Å². The Morgan fingerprint density at radius 1 is 1.12 bits per heavy atom. The van der Waals surface area contributed by atoms with E-state index in [2.05, 4.69) is 34.1 Å². The lowest BCUT2D eigenvalue weighted by Crippen LogP contribution is -2.54. The van der Waals surface area contributed by atoms with E-state index in [4.69, 9.17) is 14.3 Å². The van der Waals surface area contributed by atoms with Crippen LogP contribution in [0.15, 0.2) is 11.3 Å². The fraction of sp³-hybridized carbons (Fsp3) is 0.727. The van der Waals surface area contributed by atoms with Crippen molar-refractivity contribution in [1.82, 2.24) is 20.4 Å². The molecule has 2 N–H and O–H groups in total. The Bertz CT molecular complexity index is 626. The molecule has 0 bridgehead atoms. The predicted molar refractivity (Wildman–Crippen MR) is 126 cm³/mol. The summed E-state index contributed by atoms with van der Waals surface area (Å²) in [4.78, 5) is 48.9. The molecule has 0 radical (unpaired) electrons. The molecular weight excluding hydrogens is 432 g/mol. The van der Waals surface area contributed by atoms with Gasteiger partial charge in [-0.05, 0) is 38.9 Å². The van der Waals surface area contributed by atoms with Crippen LogP contribution in [-0.2, 0) is 23.8 Å². The summed E-state index contributed by atoms with van der Waals surface area (Å²) in [6.45, 7) is 8.05. The van der Waals surface area contributed by atoms with Crippen LogP contribution in [0.1, 0.15) is 47.0 Å². The third-order valence-corrected chi connectivity index (χ3v) is 4.54. The van der Waals surface area contributed by atoms with Crippen molar-refractivity contribution in [2.45, 2.75) is 47.0 Å². The van der Waals surface area contributed by atoms with Gasteiger partial charge < -0.3 is 29.7 Å². The van der Waals surface area contributed by atoms with Gasteiger partial charge in [0.2, 0.25) is 0 Å². The molecular formula is C22H42N4O7. The van der Waals surface area contributed by atoms with Crippen molar-refractivity contribution < 1.29 is 33.4 Å². The van der Waals surface area contributed by atoms with Gasteiger partial charge in [0, 0.05) is 13.7 Å². The molecule has 4 amide bonds. The van der Waals surface area contributed by atoms with Crippen LogP contribution in [0, 0.1) is 0 Å². The summed E-state index contributed by atoms with van der Waals surface area (Å²) in [5.74, 6) is -0.601. The van der Waals surface area contributed by atoms with Crippen molar-refractivity contribution in [3.63, 3.8) is 0 Å². The zero-order valence-corrected chi connectivity index (χ0v) is 19.9. The zero-order chi connectivity index (χ0) is 24.4. The number of nitrogens with zero attached hydrogens (tertiary/aromatic N) is 2. The Hall–Kier alpha value is -2.66. The molecule has 0 saturated heterocycles. The highest BCUT2D eigenvalue weighted by Crippen LogP contribution is 2.14. The van der Waals surface area contributed by atoms with Gasteiger partial charge in [-0.25, -0.2) is 19.3 Å². The molecule has 0 fully saturated rings. The van der Waals surface area contributed by atoms with E-state index in [1.54, 1.807) is 0 Å². The second kappa shape index (κ2) is 20.0. The number of hydrogen-bond acceptors (Lipinski definition) is 8. The maximum absolute atomic E-state index is 12.4. The van der Waals surface area contributed by atoms with Crippen LogP contribution in [0.3, 0.4) is 0 Å². The van der Waals surface area contributed by atoms with Gasteiger partial charge in [-0.2, -0.15) is 0 Å². The Morgan fingerprint density at radius 3 is 2.27 bits per heavy atom. The summed E-state index contributed by atoms with van der Waals surface area (Å²) in [5.41, 5.74) is 0.516. The van der Waals surface area contributed by atoms with Crippen LogP contribution in [0.4, 0.5) is 9.59 Å². The summed E-state index contributed by atoms with van der Waals surface area (Å²) < 4.78 is 13.6. The smallest absolute Gasteiger partial charge is 0.337 e. The highest BCUT2D eigenvalue weighted by molar-refractivity contribution is 6.00. The first-order chi connectivity index (χ1) is 15.4. The van der Waals surface area contributed by atoms with Crippen molar-refractivity contribution in [1.29, 1.82) is 0 Å². The van der Waals surface area contributed by atoms with E-state index in [9.17, 15) is 14.4 Å². The lowest BCUT2D eigenvalue weighted by Gasteiger charge is -2.29. The molecule has 0 aromatic rings. The number of rotatable bonds is 13. The minimum Gasteiger partial charge on any atom is -0.471 e. The highest BCUT2D eigenvalue weighted by atomic mass is 16.5. The van der Waals surface area contributed by atoms with Gasteiger partial charge in [-0.1, -0.05) is 27.7 Å². The number of esters is 1. The summed E-state index contributed by atoms with van der Waals surface area (Å²) in [7, 11) is 4.02. The first-order valence-electron chi connectivity index (χ1n) is 10.7. The minimum absolute atomic E-state index is 0. The summed E-state index contributed by atoms with van der Waals surface area (Å²) in [5, 5.41) is 5.29. The monoisotopic (exact) mass is 474 g/mol. The largest absolute Gasteiger partial charge is 0.471 e. The number of imide groups is 1. The first kappa shape index (κ1) is 32.5. The second-order valence-electron chi connectivity index (χ2n) is 7.01. The fourth-order valence-corrected chi connectivity index (χ4v) is 2.97. The maximum atomic E-state index is 12.4. The second-order valence-corrected chi connectivity index (χ2v) is 7.01. The Kier molecular flexibility index (Phi) is 19.7. The minimum atomic E-state index is -0.601. The molecule has 1 heterocycles. The van der Waals surface area contributed by atoms with Crippen LogP contribution in [0.5, 0.6) is 0 Å². The lowest BCUT2D eigenvalue weighted by molar-refractivity contribution is -0.136. The van der Waals surface area contributed by atoms with E-state index in [0.29, 0.717) is 18.7 Å². The molecule has 33 heavy (non-hydrogen) atoms. The molecule has 0 spiro atoms. The van der Waals surface area contributed by atoms with Gasteiger partial charge in [0.1, 0.15) is 0 Å². The fourth-order valence-electron chi connectivity index (χ4n) is 2.97. The number of hydrogen-bond donors (Lipinski definition) is 2. The van der Waals surface area contributed by atoms with Crippen LogP contribution in [0.2, 0.25) is 0 Å². The Balaban J connectivity index is 0. The zero-order valence-electron chi connectivity index (χ0n) is 19.9. The standard InChI is InChI=1S/C19H34N4O5.C2H4O2.CH4/c1-5-7-11-22(10-6-2)12-8-9-20-18(25)23-13-15(17(24)28-4)16(14-27-3)21-19(23)26;1-4-2-3;/h5-14H2,1-4H3,(H,20,25)(H,21,26);2H,1H3;1H4. The number of carbonyl (C=O) groups excluding carboxylic acids is 4. The molecule has 0 saturated carbocycles. The van der Waals surface area contributed by atoms with Crippen molar-refractivity contribution in [2.75, 3.05) is 60.7 Å². The summed E-state index contributed by atoms with van der Waals surface area (Å²) in [6, 6.07) is -1.13. The van der Waals surface area contributed by atoms with Crippen LogP contribution in [-0.4, -0.2) is 95.0 Å².